The molecule has 1 rings (SSSR count). The van der Waals surface area contributed by atoms with Crippen molar-refractivity contribution in [2.24, 2.45) is 0 Å². The van der Waals surface area contributed by atoms with Crippen molar-refractivity contribution in [1.29, 1.82) is 0 Å². The lowest BCUT2D eigenvalue weighted by atomic mass is 10.3. The molecule has 0 spiro atoms. The van der Waals surface area contributed by atoms with Crippen LogP contribution in [0.3, 0.4) is 0 Å². The minimum Gasteiger partial charge on any atom is -0.383 e. The third-order valence-electron chi connectivity index (χ3n) is 1.67. The molecular weight excluding hydrogens is 234 g/mol. The van der Waals surface area contributed by atoms with Gasteiger partial charge in [0.25, 0.3) is 0 Å². The second-order valence-corrected chi connectivity index (χ2v) is 4.22. The molecule has 84 valence electrons. The minimum atomic E-state index is 0.190. The number of ether oxygens (including phenoxy) is 1. The number of methoxy groups -OCH3 is 1. The van der Waals surface area contributed by atoms with Gasteiger partial charge in [0, 0.05) is 19.2 Å². The average Bonchev–Trinajstić information content (AvgIpc) is 2.17. The van der Waals surface area contributed by atoms with Gasteiger partial charge in [-0.1, -0.05) is 23.4 Å². The molecule has 0 fully saturated rings. The van der Waals surface area contributed by atoms with E-state index in [9.17, 15) is 0 Å². The predicted octanol–water partition coefficient (Wildman–Crippen LogP) is 2.30. The van der Waals surface area contributed by atoms with E-state index in [-0.39, 0.29) is 6.04 Å². The van der Waals surface area contributed by atoms with Gasteiger partial charge >= 0.3 is 0 Å². The Labute approximate surface area is 98.8 Å². The molecule has 0 aliphatic carbocycles. The molecule has 1 unspecified atom stereocenters. The van der Waals surface area contributed by atoms with E-state index in [2.05, 4.69) is 15.3 Å². The highest BCUT2D eigenvalue weighted by Gasteiger charge is 2.05. The smallest absolute Gasteiger partial charge is 0.190 e. The molecule has 0 amide bonds. The summed E-state index contributed by atoms with van der Waals surface area (Å²) < 4.78 is 5.02. The summed E-state index contributed by atoms with van der Waals surface area (Å²) >= 11 is 7.31. The van der Waals surface area contributed by atoms with Crippen molar-refractivity contribution in [3.63, 3.8) is 0 Å². The molecule has 0 bridgehead atoms. The van der Waals surface area contributed by atoms with Crippen LogP contribution < -0.4 is 5.32 Å². The van der Waals surface area contributed by atoms with Crippen molar-refractivity contribution in [3.8, 4) is 0 Å². The first-order chi connectivity index (χ1) is 7.15. The molecule has 0 aliphatic rings. The molecule has 6 heteroatoms. The van der Waals surface area contributed by atoms with Crippen LogP contribution >= 0.6 is 23.4 Å². The van der Waals surface area contributed by atoms with Gasteiger partial charge < -0.3 is 10.1 Å². The summed E-state index contributed by atoms with van der Waals surface area (Å²) in [6.07, 6.45) is 1.91. The standard InChI is InChI=1S/C9H14ClN3OS/c1-6(5-14-2)11-8-4-7(10)12-9(13-8)15-3/h4,6H,5H2,1-3H3,(H,11,12,13). The first-order valence-corrected chi connectivity index (χ1v) is 6.10. The monoisotopic (exact) mass is 247 g/mol. The van der Waals surface area contributed by atoms with Crippen LogP contribution in [0, 0.1) is 0 Å². The van der Waals surface area contributed by atoms with Crippen molar-refractivity contribution < 1.29 is 4.74 Å². The van der Waals surface area contributed by atoms with E-state index in [1.54, 1.807) is 13.2 Å². The number of thioether (sulfide) groups is 1. The number of nitrogens with zero attached hydrogens (tertiary/aromatic N) is 2. The average molecular weight is 248 g/mol. The zero-order chi connectivity index (χ0) is 11.3. The third kappa shape index (κ3) is 4.24. The van der Waals surface area contributed by atoms with Gasteiger partial charge in [-0.25, -0.2) is 9.97 Å². The maximum atomic E-state index is 5.85. The van der Waals surface area contributed by atoms with Crippen LogP contribution in [-0.2, 0) is 4.74 Å². The first kappa shape index (κ1) is 12.5. The zero-order valence-electron chi connectivity index (χ0n) is 8.95. The van der Waals surface area contributed by atoms with Gasteiger partial charge in [0.1, 0.15) is 11.0 Å². The van der Waals surface area contributed by atoms with Gasteiger partial charge in [-0.2, -0.15) is 0 Å². The summed E-state index contributed by atoms with van der Waals surface area (Å²) in [5.74, 6) is 0.726. The number of nitrogens with one attached hydrogen (secondary N) is 1. The van der Waals surface area contributed by atoms with Crippen LogP contribution in [0.25, 0.3) is 0 Å². The maximum Gasteiger partial charge on any atom is 0.190 e. The fraction of sp³-hybridized carbons (Fsp3) is 0.556. The van der Waals surface area contributed by atoms with E-state index in [0.29, 0.717) is 16.9 Å². The van der Waals surface area contributed by atoms with Crippen molar-refractivity contribution in [2.45, 2.75) is 18.1 Å². The topological polar surface area (TPSA) is 47.0 Å². The molecular formula is C9H14ClN3OS. The van der Waals surface area contributed by atoms with Crippen molar-refractivity contribution in [1.82, 2.24) is 9.97 Å². The van der Waals surface area contributed by atoms with E-state index in [4.69, 9.17) is 16.3 Å². The highest BCUT2D eigenvalue weighted by Crippen LogP contribution is 2.17. The number of anilines is 1. The number of aromatic nitrogens is 2. The Balaban J connectivity index is 2.71. The van der Waals surface area contributed by atoms with Crippen LogP contribution in [-0.4, -0.2) is 36.0 Å². The first-order valence-electron chi connectivity index (χ1n) is 4.49. The molecule has 0 radical (unpaired) electrons. The molecule has 0 saturated heterocycles. The Morgan fingerprint density at radius 3 is 2.93 bits per heavy atom. The van der Waals surface area contributed by atoms with Gasteiger partial charge in [-0.15, -0.1) is 0 Å². The SMILES string of the molecule is COCC(C)Nc1cc(Cl)nc(SC)n1. The predicted molar refractivity (Wildman–Crippen MR) is 63.8 cm³/mol. The summed E-state index contributed by atoms with van der Waals surface area (Å²) in [7, 11) is 1.67. The Morgan fingerprint density at radius 1 is 1.60 bits per heavy atom. The summed E-state index contributed by atoms with van der Waals surface area (Å²) in [6, 6.07) is 1.89. The van der Waals surface area contributed by atoms with Crippen molar-refractivity contribution in [2.75, 3.05) is 25.3 Å². The van der Waals surface area contributed by atoms with Crippen LogP contribution in [0.15, 0.2) is 11.2 Å². The van der Waals surface area contributed by atoms with Gasteiger partial charge in [-0.3, -0.25) is 0 Å². The zero-order valence-corrected chi connectivity index (χ0v) is 10.5. The van der Waals surface area contributed by atoms with Crippen molar-refractivity contribution >= 4 is 29.2 Å². The van der Waals surface area contributed by atoms with Gasteiger partial charge in [0.15, 0.2) is 5.16 Å². The number of hydrogen-bond donors (Lipinski definition) is 1. The molecule has 15 heavy (non-hydrogen) atoms. The van der Waals surface area contributed by atoms with E-state index in [0.717, 1.165) is 5.82 Å². The molecule has 0 aliphatic heterocycles. The Hall–Kier alpha value is -0.520. The Bertz CT molecular complexity index is 324. The van der Waals surface area contributed by atoms with Crippen LogP contribution in [0.2, 0.25) is 5.15 Å². The number of rotatable bonds is 5. The molecule has 1 atom stereocenters. The molecule has 1 aromatic heterocycles. The largest absolute Gasteiger partial charge is 0.383 e. The molecule has 0 aromatic carbocycles. The lowest BCUT2D eigenvalue weighted by Gasteiger charge is -2.13. The van der Waals surface area contributed by atoms with Crippen LogP contribution in [0.5, 0.6) is 0 Å². The van der Waals surface area contributed by atoms with E-state index in [1.807, 2.05) is 13.2 Å². The molecule has 1 heterocycles. The molecule has 1 N–H and O–H groups in total. The molecule has 4 nitrogen and oxygen atoms in total. The van der Waals surface area contributed by atoms with E-state index in [1.165, 1.54) is 11.8 Å². The summed E-state index contributed by atoms with van der Waals surface area (Å²) in [4.78, 5) is 8.33. The van der Waals surface area contributed by atoms with Crippen molar-refractivity contribution in [3.05, 3.63) is 11.2 Å². The number of hydrogen-bond acceptors (Lipinski definition) is 5. The van der Waals surface area contributed by atoms with Gasteiger partial charge in [0.05, 0.1) is 6.61 Å². The van der Waals surface area contributed by atoms with E-state index < -0.39 is 0 Å². The van der Waals surface area contributed by atoms with Gasteiger partial charge in [-0.05, 0) is 13.2 Å². The Kier molecular flexibility index (Phi) is 5.14. The van der Waals surface area contributed by atoms with E-state index >= 15 is 0 Å². The minimum absolute atomic E-state index is 0.190. The summed E-state index contributed by atoms with van der Waals surface area (Å²) in [6.45, 7) is 2.63. The summed E-state index contributed by atoms with van der Waals surface area (Å²) in [5, 5.41) is 4.29. The second-order valence-electron chi connectivity index (χ2n) is 3.06. The highest BCUT2D eigenvalue weighted by molar-refractivity contribution is 7.98. The lowest BCUT2D eigenvalue weighted by Crippen LogP contribution is -2.21. The van der Waals surface area contributed by atoms with Crippen LogP contribution in [0.1, 0.15) is 6.92 Å². The number of halogens is 1. The fourth-order valence-corrected chi connectivity index (χ4v) is 1.72. The molecule has 1 aromatic rings. The third-order valence-corrected chi connectivity index (χ3v) is 2.41. The quantitative estimate of drug-likeness (QED) is 0.492. The lowest BCUT2D eigenvalue weighted by molar-refractivity contribution is 0.190. The second kappa shape index (κ2) is 6.15. The highest BCUT2D eigenvalue weighted by atomic mass is 35.5. The normalized spacial score (nSPS) is 12.5. The summed E-state index contributed by atoms with van der Waals surface area (Å²) in [5.41, 5.74) is 0. The van der Waals surface area contributed by atoms with Gasteiger partial charge in [0.2, 0.25) is 0 Å². The maximum absolute atomic E-state index is 5.85. The molecule has 0 saturated carbocycles. The Morgan fingerprint density at radius 2 is 2.33 bits per heavy atom. The van der Waals surface area contributed by atoms with Crippen LogP contribution in [0.4, 0.5) is 5.82 Å². The fourth-order valence-electron chi connectivity index (χ4n) is 1.11.